The number of hydrogen-bond donors (Lipinski definition) is 2. The maximum absolute atomic E-state index is 13.4. The maximum atomic E-state index is 13.4. The van der Waals surface area contributed by atoms with Crippen LogP contribution in [0.15, 0.2) is 18.2 Å². The fourth-order valence-electron chi connectivity index (χ4n) is 5.16. The van der Waals surface area contributed by atoms with Gasteiger partial charge in [-0.15, -0.1) is 0 Å². The van der Waals surface area contributed by atoms with Crippen LogP contribution in [0.2, 0.25) is 0 Å². The first kappa shape index (κ1) is 26.6. The van der Waals surface area contributed by atoms with E-state index in [1.807, 2.05) is 4.90 Å². The van der Waals surface area contributed by atoms with Crippen LogP contribution >= 0.6 is 0 Å². The molecular formula is C25H34F3N5O2. The molecule has 2 fully saturated rings. The molecule has 35 heavy (non-hydrogen) atoms. The summed E-state index contributed by atoms with van der Waals surface area (Å²) in [5, 5.41) is 14.7. The average molecular weight is 494 g/mol. The second-order valence-corrected chi connectivity index (χ2v) is 9.87. The minimum absolute atomic E-state index is 0.000324. The van der Waals surface area contributed by atoms with Crippen molar-refractivity contribution in [3.8, 4) is 6.07 Å². The zero-order valence-electron chi connectivity index (χ0n) is 20.5. The van der Waals surface area contributed by atoms with E-state index in [4.69, 9.17) is 5.26 Å². The number of hydrogen-bond acceptors (Lipinski definition) is 4. The van der Waals surface area contributed by atoms with Gasteiger partial charge in [-0.1, -0.05) is 13.8 Å². The Hall–Kier alpha value is -2.96. The van der Waals surface area contributed by atoms with Crippen molar-refractivity contribution in [2.45, 2.75) is 39.3 Å². The number of carbonyl (C=O) groups is 2. The van der Waals surface area contributed by atoms with Crippen molar-refractivity contribution >= 4 is 17.6 Å². The van der Waals surface area contributed by atoms with Crippen LogP contribution in [-0.2, 0) is 11.0 Å². The molecule has 192 valence electrons. The number of halogens is 3. The Kier molecular flexibility index (Phi) is 8.51. The van der Waals surface area contributed by atoms with E-state index in [0.29, 0.717) is 57.2 Å². The Balaban J connectivity index is 1.66. The van der Waals surface area contributed by atoms with Gasteiger partial charge in [0.15, 0.2) is 0 Å². The van der Waals surface area contributed by atoms with Crippen molar-refractivity contribution < 1.29 is 22.8 Å². The van der Waals surface area contributed by atoms with Gasteiger partial charge in [0.25, 0.3) is 0 Å². The molecule has 0 aliphatic carbocycles. The standard InChI is InChI=1S/C25H34F3N5O2/c1-16(2)6-9-31-24(35)33-14-20(21(15-33)23(34)30-3)17-7-10-32(11-8-17)19-5-4-18(13-29)22(12-19)25(26,27)28/h4-5,12,16-17,20-21H,6-11,14-15H2,1-3H3,(H,30,34)(H,31,35)/t20-,21+/m0/s1. The third kappa shape index (κ3) is 6.38. The Morgan fingerprint density at radius 1 is 1.20 bits per heavy atom. The number of nitrogens with one attached hydrogen (secondary N) is 2. The molecule has 3 amide bonds. The van der Waals surface area contributed by atoms with Crippen LogP contribution < -0.4 is 15.5 Å². The highest BCUT2D eigenvalue weighted by Gasteiger charge is 2.44. The molecule has 1 aromatic carbocycles. The number of amides is 3. The minimum atomic E-state index is -4.59. The monoisotopic (exact) mass is 493 g/mol. The molecule has 0 aromatic heterocycles. The first-order valence-electron chi connectivity index (χ1n) is 12.2. The zero-order chi connectivity index (χ0) is 25.8. The molecule has 2 heterocycles. The van der Waals surface area contributed by atoms with Crippen LogP contribution in [0.3, 0.4) is 0 Å². The van der Waals surface area contributed by atoms with E-state index in [1.54, 1.807) is 24.1 Å². The number of piperidine rings is 1. The lowest BCUT2D eigenvalue weighted by molar-refractivity contribution is -0.137. The van der Waals surface area contributed by atoms with Gasteiger partial charge in [0.1, 0.15) is 0 Å². The first-order chi connectivity index (χ1) is 16.5. The van der Waals surface area contributed by atoms with Gasteiger partial charge in [-0.2, -0.15) is 18.4 Å². The Labute approximate surface area is 204 Å². The van der Waals surface area contributed by atoms with Crippen molar-refractivity contribution in [1.29, 1.82) is 5.26 Å². The highest BCUT2D eigenvalue weighted by atomic mass is 19.4. The van der Waals surface area contributed by atoms with Gasteiger partial charge in [-0.25, -0.2) is 4.79 Å². The Bertz CT molecular complexity index is 951. The molecule has 10 heteroatoms. The summed E-state index contributed by atoms with van der Waals surface area (Å²) in [6.45, 7) is 6.72. The number of alkyl halides is 3. The predicted molar refractivity (Wildman–Crippen MR) is 127 cm³/mol. The van der Waals surface area contributed by atoms with E-state index in [-0.39, 0.29) is 35.3 Å². The van der Waals surface area contributed by atoms with E-state index in [0.717, 1.165) is 12.5 Å². The van der Waals surface area contributed by atoms with Crippen LogP contribution in [0.5, 0.6) is 0 Å². The number of benzene rings is 1. The summed E-state index contributed by atoms with van der Waals surface area (Å²) in [7, 11) is 1.59. The van der Waals surface area contributed by atoms with E-state index >= 15 is 0 Å². The van der Waals surface area contributed by atoms with Gasteiger partial charge in [-0.05, 0) is 55.2 Å². The number of rotatable bonds is 6. The van der Waals surface area contributed by atoms with Gasteiger partial charge in [0, 0.05) is 45.5 Å². The molecule has 3 rings (SSSR count). The molecule has 7 nitrogen and oxygen atoms in total. The summed E-state index contributed by atoms with van der Waals surface area (Å²) in [4.78, 5) is 28.9. The molecule has 1 aromatic rings. The molecule has 2 aliphatic heterocycles. The average Bonchev–Trinajstić information content (AvgIpc) is 3.28. The highest BCUT2D eigenvalue weighted by Crippen LogP contribution is 2.39. The zero-order valence-corrected chi connectivity index (χ0v) is 20.5. The highest BCUT2D eigenvalue weighted by molar-refractivity contribution is 5.81. The molecule has 0 unspecified atom stereocenters. The Morgan fingerprint density at radius 2 is 1.89 bits per heavy atom. The third-order valence-corrected chi connectivity index (χ3v) is 7.17. The van der Waals surface area contributed by atoms with Crippen molar-refractivity contribution in [3.05, 3.63) is 29.3 Å². The summed E-state index contributed by atoms with van der Waals surface area (Å²) >= 11 is 0. The molecule has 0 radical (unpaired) electrons. The molecule has 2 saturated heterocycles. The topological polar surface area (TPSA) is 88.5 Å². The van der Waals surface area contributed by atoms with Crippen molar-refractivity contribution in [3.63, 3.8) is 0 Å². The minimum Gasteiger partial charge on any atom is -0.372 e. The van der Waals surface area contributed by atoms with Gasteiger partial charge >= 0.3 is 12.2 Å². The lowest BCUT2D eigenvalue weighted by Crippen LogP contribution is -2.41. The summed E-state index contributed by atoms with van der Waals surface area (Å²) < 4.78 is 40.1. The normalized spacial score (nSPS) is 21.2. The van der Waals surface area contributed by atoms with Crippen LogP contribution in [0.25, 0.3) is 0 Å². The van der Waals surface area contributed by atoms with Gasteiger partial charge in [0.2, 0.25) is 5.91 Å². The summed E-state index contributed by atoms with van der Waals surface area (Å²) in [6.07, 6.45) is -2.29. The van der Waals surface area contributed by atoms with Crippen molar-refractivity contribution in [1.82, 2.24) is 15.5 Å². The number of nitrogens with zero attached hydrogens (tertiary/aromatic N) is 3. The van der Waals surface area contributed by atoms with Crippen LogP contribution in [0, 0.1) is 35.0 Å². The second kappa shape index (κ2) is 11.2. The molecule has 2 N–H and O–H groups in total. The summed E-state index contributed by atoms with van der Waals surface area (Å²) in [5.74, 6) is 0.270. The molecular weight excluding hydrogens is 459 g/mol. The van der Waals surface area contributed by atoms with Crippen LogP contribution in [0.4, 0.5) is 23.7 Å². The molecule has 0 saturated carbocycles. The van der Waals surface area contributed by atoms with E-state index in [2.05, 4.69) is 24.5 Å². The predicted octanol–water partition coefficient (Wildman–Crippen LogP) is 3.84. The maximum Gasteiger partial charge on any atom is 0.417 e. The van der Waals surface area contributed by atoms with E-state index < -0.39 is 11.7 Å². The van der Waals surface area contributed by atoms with Crippen molar-refractivity contribution in [2.75, 3.05) is 44.7 Å². The fraction of sp³-hybridized carbons (Fsp3) is 0.640. The second-order valence-electron chi connectivity index (χ2n) is 9.87. The number of nitriles is 1. The number of anilines is 1. The van der Waals surface area contributed by atoms with Crippen LogP contribution in [-0.4, -0.2) is 56.6 Å². The first-order valence-corrected chi connectivity index (χ1v) is 12.2. The lowest BCUT2D eigenvalue weighted by atomic mass is 9.78. The van der Waals surface area contributed by atoms with Gasteiger partial charge < -0.3 is 20.4 Å². The fourth-order valence-corrected chi connectivity index (χ4v) is 5.16. The van der Waals surface area contributed by atoms with E-state index in [1.165, 1.54) is 6.07 Å². The summed E-state index contributed by atoms with van der Waals surface area (Å²) in [5.41, 5.74) is -0.869. The Morgan fingerprint density at radius 3 is 2.46 bits per heavy atom. The molecule has 0 bridgehead atoms. The lowest BCUT2D eigenvalue weighted by Gasteiger charge is -2.37. The summed E-state index contributed by atoms with van der Waals surface area (Å²) in [6, 6.07) is 5.28. The quantitative estimate of drug-likeness (QED) is 0.630. The number of urea groups is 1. The molecule has 2 atom stereocenters. The van der Waals surface area contributed by atoms with Gasteiger partial charge in [0.05, 0.1) is 23.1 Å². The smallest absolute Gasteiger partial charge is 0.372 e. The SMILES string of the molecule is CNC(=O)[C@@H]1CN(C(=O)NCCC(C)C)C[C@H]1C1CCN(c2ccc(C#N)c(C(F)(F)F)c2)CC1. The van der Waals surface area contributed by atoms with Crippen LogP contribution in [0.1, 0.15) is 44.2 Å². The van der Waals surface area contributed by atoms with Gasteiger partial charge in [-0.3, -0.25) is 4.79 Å². The molecule has 0 spiro atoms. The molecule has 2 aliphatic rings. The van der Waals surface area contributed by atoms with E-state index in [9.17, 15) is 22.8 Å². The largest absolute Gasteiger partial charge is 0.417 e. The number of carbonyl (C=O) groups excluding carboxylic acids is 2. The van der Waals surface area contributed by atoms with Crippen molar-refractivity contribution in [2.24, 2.45) is 23.7 Å². The number of likely N-dealkylation sites (tertiary alicyclic amines) is 1. The third-order valence-electron chi connectivity index (χ3n) is 7.17.